The molecule has 1 unspecified atom stereocenters. The highest BCUT2D eigenvalue weighted by Gasteiger charge is 2.20. The van der Waals surface area contributed by atoms with Crippen molar-refractivity contribution < 1.29 is 4.79 Å². The third-order valence-corrected chi connectivity index (χ3v) is 3.26. The van der Waals surface area contributed by atoms with E-state index in [1.165, 1.54) is 0 Å². The Labute approximate surface area is 114 Å². The number of hydrogen-bond donors (Lipinski definition) is 0. The average Bonchev–Trinajstić information content (AvgIpc) is 2.46. The fourth-order valence-electron chi connectivity index (χ4n) is 2.17. The fraction of sp³-hybridized carbons (Fsp3) is 0.167. The number of carbonyl (C=O) groups is 1. The lowest BCUT2D eigenvalue weighted by molar-refractivity contribution is 0.0960. The van der Waals surface area contributed by atoms with E-state index in [1.807, 2.05) is 67.6 Å². The van der Waals surface area contributed by atoms with Crippen LogP contribution >= 0.6 is 0 Å². The largest absolute Gasteiger partial charge is 0.293 e. The summed E-state index contributed by atoms with van der Waals surface area (Å²) >= 11 is 0. The summed E-state index contributed by atoms with van der Waals surface area (Å²) in [6.45, 7) is 5.78. The van der Waals surface area contributed by atoms with Crippen molar-refractivity contribution in [1.82, 2.24) is 0 Å². The molecule has 19 heavy (non-hydrogen) atoms. The lowest BCUT2D eigenvalue weighted by atomic mass is 9.88. The number of carbonyl (C=O) groups excluding carboxylic acids is 1. The smallest absolute Gasteiger partial charge is 0.170 e. The second kappa shape index (κ2) is 6.14. The van der Waals surface area contributed by atoms with Crippen molar-refractivity contribution in [3.05, 3.63) is 83.9 Å². The van der Waals surface area contributed by atoms with E-state index in [9.17, 15) is 4.79 Å². The molecular formula is C18H18O. The lowest BCUT2D eigenvalue weighted by Gasteiger charge is -2.14. The molecule has 0 amide bonds. The molecule has 0 aliphatic rings. The molecule has 1 nitrogen and oxygen atoms in total. The van der Waals surface area contributed by atoms with Gasteiger partial charge in [-0.15, -0.1) is 6.58 Å². The Morgan fingerprint density at radius 2 is 1.74 bits per heavy atom. The molecule has 0 aliphatic carbocycles. The molecular weight excluding hydrogens is 232 g/mol. The van der Waals surface area contributed by atoms with Crippen LogP contribution in [0.5, 0.6) is 0 Å². The summed E-state index contributed by atoms with van der Waals surface area (Å²) in [5.74, 6) is 0.0208. The molecule has 1 heteroatoms. The van der Waals surface area contributed by atoms with Crippen LogP contribution in [0.25, 0.3) is 0 Å². The Balaban J connectivity index is 2.31. The number of benzene rings is 2. The first-order valence-electron chi connectivity index (χ1n) is 6.49. The third kappa shape index (κ3) is 3.19. The van der Waals surface area contributed by atoms with E-state index in [-0.39, 0.29) is 11.7 Å². The molecule has 0 spiro atoms. The highest BCUT2D eigenvalue weighted by atomic mass is 16.1. The van der Waals surface area contributed by atoms with Gasteiger partial charge in [-0.25, -0.2) is 0 Å². The van der Waals surface area contributed by atoms with Gasteiger partial charge >= 0.3 is 0 Å². The first-order valence-corrected chi connectivity index (χ1v) is 6.49. The van der Waals surface area contributed by atoms with Crippen LogP contribution in [0.3, 0.4) is 0 Å². The average molecular weight is 250 g/mol. The minimum Gasteiger partial charge on any atom is -0.293 e. The molecule has 2 aromatic rings. The second-order valence-electron chi connectivity index (χ2n) is 4.72. The maximum atomic E-state index is 12.6. The Morgan fingerprint density at radius 1 is 1.11 bits per heavy atom. The Hall–Kier alpha value is -2.15. The molecule has 0 N–H and O–H groups in total. The predicted octanol–water partition coefficient (Wildman–Crippen LogP) is 4.54. The van der Waals surface area contributed by atoms with Gasteiger partial charge in [0.1, 0.15) is 0 Å². The first-order chi connectivity index (χ1) is 9.22. The zero-order valence-electron chi connectivity index (χ0n) is 11.2. The van der Waals surface area contributed by atoms with E-state index in [4.69, 9.17) is 0 Å². The summed E-state index contributed by atoms with van der Waals surface area (Å²) in [6.07, 6.45) is 2.47. The second-order valence-corrected chi connectivity index (χ2v) is 4.72. The van der Waals surface area contributed by atoms with Crippen molar-refractivity contribution >= 4 is 5.78 Å². The molecule has 0 aromatic heterocycles. The lowest BCUT2D eigenvalue weighted by Crippen LogP contribution is -2.12. The summed E-state index contributed by atoms with van der Waals surface area (Å²) in [6, 6.07) is 17.6. The van der Waals surface area contributed by atoms with Gasteiger partial charge in [0.2, 0.25) is 0 Å². The van der Waals surface area contributed by atoms with Gasteiger partial charge in [0, 0.05) is 5.56 Å². The number of hydrogen-bond acceptors (Lipinski definition) is 1. The SMILES string of the molecule is C=CCC(C(=O)c1ccc(C)cc1)c1ccccc1. The quantitative estimate of drug-likeness (QED) is 0.562. The van der Waals surface area contributed by atoms with Crippen LogP contribution in [0.1, 0.15) is 33.8 Å². The van der Waals surface area contributed by atoms with Crippen molar-refractivity contribution in [3.63, 3.8) is 0 Å². The molecule has 0 saturated heterocycles. The van der Waals surface area contributed by atoms with Crippen LogP contribution in [-0.2, 0) is 0 Å². The van der Waals surface area contributed by atoms with Gasteiger partial charge in [0.15, 0.2) is 5.78 Å². The molecule has 0 saturated carbocycles. The minimum atomic E-state index is -0.138. The van der Waals surface area contributed by atoms with E-state index in [0.29, 0.717) is 6.42 Å². The van der Waals surface area contributed by atoms with E-state index >= 15 is 0 Å². The molecule has 0 aliphatic heterocycles. The van der Waals surface area contributed by atoms with Crippen LogP contribution in [0.15, 0.2) is 67.3 Å². The fourth-order valence-corrected chi connectivity index (χ4v) is 2.17. The third-order valence-electron chi connectivity index (χ3n) is 3.26. The minimum absolute atomic E-state index is 0.138. The van der Waals surface area contributed by atoms with Crippen molar-refractivity contribution in [2.24, 2.45) is 0 Å². The molecule has 0 radical (unpaired) electrons. The summed E-state index contributed by atoms with van der Waals surface area (Å²) in [4.78, 5) is 12.6. The van der Waals surface area contributed by atoms with E-state index in [2.05, 4.69) is 6.58 Å². The first kappa shape index (κ1) is 13.3. The van der Waals surface area contributed by atoms with Gasteiger partial charge in [-0.05, 0) is 18.9 Å². The van der Waals surface area contributed by atoms with Gasteiger partial charge < -0.3 is 0 Å². The van der Waals surface area contributed by atoms with Gasteiger partial charge in [-0.3, -0.25) is 4.79 Å². The number of Topliss-reactive ketones (excluding diaryl/α,β-unsaturated/α-hetero) is 1. The van der Waals surface area contributed by atoms with Crippen LogP contribution in [-0.4, -0.2) is 5.78 Å². The number of aryl methyl sites for hydroxylation is 1. The molecule has 2 rings (SSSR count). The highest BCUT2D eigenvalue weighted by molar-refractivity contribution is 6.01. The topological polar surface area (TPSA) is 17.1 Å². The standard InChI is InChI=1S/C18H18O/c1-3-7-17(15-8-5-4-6-9-15)18(19)16-12-10-14(2)11-13-16/h3-6,8-13,17H,1,7H2,2H3. The van der Waals surface area contributed by atoms with Gasteiger partial charge in [0.25, 0.3) is 0 Å². The molecule has 96 valence electrons. The van der Waals surface area contributed by atoms with Gasteiger partial charge in [-0.2, -0.15) is 0 Å². The van der Waals surface area contributed by atoms with E-state index in [1.54, 1.807) is 0 Å². The maximum absolute atomic E-state index is 12.6. The Bertz CT molecular complexity index is 552. The van der Waals surface area contributed by atoms with Crippen LogP contribution < -0.4 is 0 Å². The Morgan fingerprint density at radius 3 is 2.32 bits per heavy atom. The molecule has 0 bridgehead atoms. The number of rotatable bonds is 5. The molecule has 0 fully saturated rings. The predicted molar refractivity (Wildman–Crippen MR) is 79.5 cm³/mol. The summed E-state index contributed by atoms with van der Waals surface area (Å²) < 4.78 is 0. The number of ketones is 1. The van der Waals surface area contributed by atoms with Crippen LogP contribution in [0.2, 0.25) is 0 Å². The van der Waals surface area contributed by atoms with E-state index < -0.39 is 0 Å². The molecule has 2 aromatic carbocycles. The zero-order valence-corrected chi connectivity index (χ0v) is 11.2. The van der Waals surface area contributed by atoms with E-state index in [0.717, 1.165) is 16.7 Å². The maximum Gasteiger partial charge on any atom is 0.170 e. The molecule has 0 heterocycles. The highest BCUT2D eigenvalue weighted by Crippen LogP contribution is 2.24. The van der Waals surface area contributed by atoms with Crippen molar-refractivity contribution in [2.75, 3.05) is 0 Å². The summed E-state index contributed by atoms with van der Waals surface area (Å²) in [7, 11) is 0. The summed E-state index contributed by atoms with van der Waals surface area (Å²) in [5.41, 5.74) is 2.98. The normalized spacial score (nSPS) is 11.8. The van der Waals surface area contributed by atoms with Crippen LogP contribution in [0, 0.1) is 6.92 Å². The Kier molecular flexibility index (Phi) is 4.30. The van der Waals surface area contributed by atoms with Gasteiger partial charge in [0.05, 0.1) is 5.92 Å². The summed E-state index contributed by atoms with van der Waals surface area (Å²) in [5, 5.41) is 0. The number of allylic oxidation sites excluding steroid dienone is 1. The zero-order chi connectivity index (χ0) is 13.7. The van der Waals surface area contributed by atoms with Crippen molar-refractivity contribution in [2.45, 2.75) is 19.3 Å². The van der Waals surface area contributed by atoms with Crippen molar-refractivity contribution in [1.29, 1.82) is 0 Å². The monoisotopic (exact) mass is 250 g/mol. The van der Waals surface area contributed by atoms with Gasteiger partial charge in [-0.1, -0.05) is 66.2 Å². The van der Waals surface area contributed by atoms with Crippen LogP contribution in [0.4, 0.5) is 0 Å². The van der Waals surface area contributed by atoms with Crippen molar-refractivity contribution in [3.8, 4) is 0 Å². The molecule has 1 atom stereocenters.